The molecule has 1 amide bonds. The number of nitrogens with zero attached hydrogens (tertiary/aromatic N) is 3. The molecule has 5 aliphatic heterocycles. The van der Waals surface area contributed by atoms with Gasteiger partial charge in [0, 0.05) is 36.3 Å². The molecule has 5 aliphatic rings. The largest absolute Gasteiger partial charge is 0.454 e. The zero-order valence-electron chi connectivity index (χ0n) is 16.2. The third-order valence-electron chi connectivity index (χ3n) is 7.14. The maximum atomic E-state index is 11.7. The summed E-state index contributed by atoms with van der Waals surface area (Å²) in [5.41, 5.74) is 7.32. The molecule has 2 bridgehead atoms. The topological polar surface area (TPSA) is 80.9 Å². The number of nitrogens with two attached hydrogens (primary N) is 1. The lowest BCUT2D eigenvalue weighted by Crippen LogP contribution is -2.60. The van der Waals surface area contributed by atoms with Gasteiger partial charge in [-0.25, -0.2) is 4.98 Å². The lowest BCUT2D eigenvalue weighted by atomic mass is 9.75. The van der Waals surface area contributed by atoms with Gasteiger partial charge < -0.3 is 20.1 Å². The SMILES string of the molecule is NC(=O)c1ccnc(N2C[C@H](c3ccc4c(c3)OCO4)[C@H]3[C@@H]2C2CCN3CC2)c1. The van der Waals surface area contributed by atoms with E-state index in [0.717, 1.165) is 37.0 Å². The first kappa shape index (κ1) is 17.1. The lowest BCUT2D eigenvalue weighted by molar-refractivity contribution is 0.0354. The minimum absolute atomic E-state index is 0.291. The Morgan fingerprint density at radius 2 is 1.90 bits per heavy atom. The quantitative estimate of drug-likeness (QED) is 0.860. The molecule has 7 nitrogen and oxygen atoms in total. The van der Waals surface area contributed by atoms with Crippen LogP contribution in [-0.4, -0.2) is 54.3 Å². The number of anilines is 1. The van der Waals surface area contributed by atoms with Crippen LogP contribution in [0.5, 0.6) is 11.5 Å². The number of hydrogen-bond donors (Lipinski definition) is 1. The van der Waals surface area contributed by atoms with E-state index in [1.54, 1.807) is 12.3 Å². The highest BCUT2D eigenvalue weighted by molar-refractivity contribution is 5.93. The molecule has 3 atom stereocenters. The highest BCUT2D eigenvalue weighted by atomic mass is 16.7. The van der Waals surface area contributed by atoms with Gasteiger partial charge in [0.2, 0.25) is 12.7 Å². The molecule has 4 saturated heterocycles. The molecular weight excluding hydrogens is 368 g/mol. The summed E-state index contributed by atoms with van der Waals surface area (Å²) in [6.07, 6.45) is 4.14. The third kappa shape index (κ3) is 2.60. The molecule has 1 aromatic carbocycles. The van der Waals surface area contributed by atoms with Crippen LogP contribution in [0, 0.1) is 5.92 Å². The predicted molar refractivity (Wildman–Crippen MR) is 107 cm³/mol. The molecule has 150 valence electrons. The van der Waals surface area contributed by atoms with E-state index in [4.69, 9.17) is 15.2 Å². The number of benzene rings is 1. The standard InChI is InChI=1S/C22H24N4O3/c23-22(27)15-3-6-24-19(10-15)26-11-16(14-1-2-17-18(9-14)29-12-28-17)21-20(26)13-4-7-25(21)8-5-13/h1-3,6,9-10,13,16,20-21H,4-5,7-8,11-12H2,(H2,23,27)/t16-,20+,21+/m1/s1. The maximum Gasteiger partial charge on any atom is 0.248 e. The average Bonchev–Trinajstić information content (AvgIpc) is 3.40. The van der Waals surface area contributed by atoms with Gasteiger partial charge in [-0.05, 0) is 61.7 Å². The number of pyridine rings is 1. The number of hydrogen-bond acceptors (Lipinski definition) is 6. The van der Waals surface area contributed by atoms with E-state index in [2.05, 4.69) is 26.9 Å². The Labute approximate surface area is 169 Å². The Kier molecular flexibility index (Phi) is 3.74. The second-order valence-corrected chi connectivity index (χ2v) is 8.49. The van der Waals surface area contributed by atoms with Crippen molar-refractivity contribution in [3.8, 4) is 11.5 Å². The summed E-state index contributed by atoms with van der Waals surface area (Å²) in [6, 6.07) is 10.7. The van der Waals surface area contributed by atoms with Crippen LogP contribution in [0.25, 0.3) is 0 Å². The molecule has 0 spiro atoms. The molecule has 0 unspecified atom stereocenters. The first-order valence-corrected chi connectivity index (χ1v) is 10.3. The number of fused-ring (bicyclic) bond motifs is 3. The van der Waals surface area contributed by atoms with Crippen LogP contribution in [0.15, 0.2) is 36.5 Å². The van der Waals surface area contributed by atoms with E-state index in [9.17, 15) is 4.79 Å². The number of primary amides is 1. The van der Waals surface area contributed by atoms with E-state index >= 15 is 0 Å². The van der Waals surface area contributed by atoms with Crippen molar-refractivity contribution in [2.45, 2.75) is 30.8 Å². The van der Waals surface area contributed by atoms with Gasteiger partial charge in [-0.2, -0.15) is 0 Å². The number of carbonyl (C=O) groups is 1. The highest BCUT2D eigenvalue weighted by Crippen LogP contribution is 2.48. The number of rotatable bonds is 3. The molecule has 7 heteroatoms. The van der Waals surface area contributed by atoms with Crippen LogP contribution in [-0.2, 0) is 0 Å². The van der Waals surface area contributed by atoms with Crippen molar-refractivity contribution in [2.24, 2.45) is 11.7 Å². The van der Waals surface area contributed by atoms with Crippen molar-refractivity contribution >= 4 is 11.7 Å². The summed E-state index contributed by atoms with van der Waals surface area (Å²) in [4.78, 5) is 21.4. The molecule has 0 aliphatic carbocycles. The highest BCUT2D eigenvalue weighted by Gasteiger charge is 2.53. The van der Waals surface area contributed by atoms with Crippen molar-refractivity contribution in [2.75, 3.05) is 31.3 Å². The van der Waals surface area contributed by atoms with Gasteiger partial charge in [0.25, 0.3) is 0 Å². The fraction of sp³-hybridized carbons (Fsp3) is 0.455. The Bertz CT molecular complexity index is 972. The van der Waals surface area contributed by atoms with Gasteiger partial charge in [0.1, 0.15) is 5.82 Å². The van der Waals surface area contributed by atoms with E-state index in [-0.39, 0.29) is 0 Å². The average molecular weight is 392 g/mol. The minimum atomic E-state index is -0.411. The first-order valence-electron chi connectivity index (χ1n) is 10.3. The van der Waals surface area contributed by atoms with E-state index < -0.39 is 5.91 Å². The molecule has 6 heterocycles. The Morgan fingerprint density at radius 1 is 1.07 bits per heavy atom. The van der Waals surface area contributed by atoms with Crippen LogP contribution in [0.3, 0.4) is 0 Å². The number of ether oxygens (including phenoxy) is 2. The van der Waals surface area contributed by atoms with Gasteiger partial charge in [-0.15, -0.1) is 0 Å². The van der Waals surface area contributed by atoms with Crippen molar-refractivity contribution in [1.29, 1.82) is 0 Å². The number of amides is 1. The summed E-state index contributed by atoms with van der Waals surface area (Å²) in [7, 11) is 0. The van der Waals surface area contributed by atoms with Crippen molar-refractivity contribution in [3.63, 3.8) is 0 Å². The molecule has 2 aromatic rings. The number of piperidine rings is 3. The fourth-order valence-corrected chi connectivity index (χ4v) is 5.85. The van der Waals surface area contributed by atoms with Crippen molar-refractivity contribution < 1.29 is 14.3 Å². The zero-order chi connectivity index (χ0) is 19.5. The summed E-state index contributed by atoms with van der Waals surface area (Å²) >= 11 is 0. The van der Waals surface area contributed by atoms with Crippen LogP contribution >= 0.6 is 0 Å². The Hall–Kier alpha value is -2.80. The normalized spacial score (nSPS) is 31.7. The van der Waals surface area contributed by atoms with Crippen LogP contribution in [0.1, 0.15) is 34.7 Å². The molecule has 1 aromatic heterocycles. The Morgan fingerprint density at radius 3 is 2.72 bits per heavy atom. The molecule has 0 radical (unpaired) electrons. The van der Waals surface area contributed by atoms with E-state index in [1.165, 1.54) is 18.4 Å². The predicted octanol–water partition coefficient (Wildman–Crippen LogP) is 1.98. The minimum Gasteiger partial charge on any atom is -0.454 e. The monoisotopic (exact) mass is 392 g/mol. The second kappa shape index (κ2) is 6.35. The lowest BCUT2D eigenvalue weighted by Gasteiger charge is -2.51. The van der Waals surface area contributed by atoms with E-state index in [0.29, 0.717) is 36.3 Å². The van der Waals surface area contributed by atoms with Crippen LogP contribution in [0.2, 0.25) is 0 Å². The van der Waals surface area contributed by atoms with Gasteiger partial charge in [-0.3, -0.25) is 9.69 Å². The van der Waals surface area contributed by atoms with Crippen molar-refractivity contribution in [1.82, 2.24) is 9.88 Å². The zero-order valence-corrected chi connectivity index (χ0v) is 16.2. The molecule has 7 rings (SSSR count). The van der Waals surface area contributed by atoms with Gasteiger partial charge in [0.15, 0.2) is 11.5 Å². The molecule has 0 saturated carbocycles. The second-order valence-electron chi connectivity index (χ2n) is 8.49. The number of aromatic nitrogens is 1. The molecule has 29 heavy (non-hydrogen) atoms. The number of carbonyl (C=O) groups excluding carboxylic acids is 1. The van der Waals surface area contributed by atoms with Crippen LogP contribution in [0.4, 0.5) is 5.82 Å². The van der Waals surface area contributed by atoms with Crippen LogP contribution < -0.4 is 20.1 Å². The summed E-state index contributed by atoms with van der Waals surface area (Å²) < 4.78 is 11.1. The summed E-state index contributed by atoms with van der Waals surface area (Å²) in [5.74, 6) is 3.11. The maximum absolute atomic E-state index is 11.7. The van der Waals surface area contributed by atoms with Gasteiger partial charge in [0.05, 0.1) is 0 Å². The summed E-state index contributed by atoms with van der Waals surface area (Å²) in [5, 5.41) is 0. The first-order chi connectivity index (χ1) is 14.2. The molecule has 2 N–H and O–H groups in total. The van der Waals surface area contributed by atoms with Gasteiger partial charge >= 0.3 is 0 Å². The molecular formula is C22H24N4O3. The smallest absolute Gasteiger partial charge is 0.248 e. The third-order valence-corrected chi connectivity index (χ3v) is 7.14. The van der Waals surface area contributed by atoms with Crippen molar-refractivity contribution in [3.05, 3.63) is 47.7 Å². The van der Waals surface area contributed by atoms with E-state index in [1.807, 2.05) is 12.1 Å². The molecule has 4 fully saturated rings. The summed E-state index contributed by atoms with van der Waals surface area (Å²) in [6.45, 7) is 3.49. The van der Waals surface area contributed by atoms with Gasteiger partial charge in [-0.1, -0.05) is 6.07 Å². The fourth-order valence-electron chi connectivity index (χ4n) is 5.85. The Balaban J connectivity index is 1.41.